The van der Waals surface area contributed by atoms with Crippen LogP contribution < -0.4 is 0 Å². The number of ether oxygens (including phenoxy) is 2. The quantitative estimate of drug-likeness (QED) is 0.388. The van der Waals surface area contributed by atoms with Crippen LogP contribution in [0, 0.1) is 5.92 Å². The van der Waals surface area contributed by atoms with Crippen molar-refractivity contribution in [2.45, 2.75) is 64.9 Å². The van der Waals surface area contributed by atoms with Gasteiger partial charge in [0.15, 0.2) is 0 Å². The molecule has 0 unspecified atom stereocenters. The number of carbonyl (C=O) groups is 2. The standard InChI is InChI=1S/C20H31NO6/c1-6-13(4)18(23)27-14(5)20(25,12(2)3)19(24)26-11-15-7-9-21-10-8-16(22)17(15)21/h6-7,12,14,16-17,22,25H,8-11H2,1-5H3/t14-,16+,17-,20-/m1/s1. The van der Waals surface area contributed by atoms with Crippen LogP contribution in [-0.4, -0.2) is 70.6 Å². The number of hydrogen-bond acceptors (Lipinski definition) is 7. The molecule has 1 saturated heterocycles. The second-order valence-electron chi connectivity index (χ2n) is 7.65. The third-order valence-electron chi connectivity index (χ3n) is 5.67. The first kappa shape index (κ1) is 21.6. The van der Waals surface area contributed by atoms with Crippen molar-refractivity contribution < 1.29 is 29.3 Å². The smallest absolute Gasteiger partial charge is 0.342 e. The van der Waals surface area contributed by atoms with Gasteiger partial charge in [-0.3, -0.25) is 4.90 Å². The van der Waals surface area contributed by atoms with Crippen molar-refractivity contribution in [3.05, 3.63) is 23.3 Å². The maximum atomic E-state index is 12.7. The van der Waals surface area contributed by atoms with E-state index in [2.05, 4.69) is 4.90 Å². The Labute approximate surface area is 160 Å². The molecule has 2 heterocycles. The van der Waals surface area contributed by atoms with Crippen LogP contribution >= 0.6 is 0 Å². The molecular formula is C20H31NO6. The van der Waals surface area contributed by atoms with Crippen molar-refractivity contribution in [1.29, 1.82) is 0 Å². The van der Waals surface area contributed by atoms with E-state index in [0.29, 0.717) is 12.0 Å². The summed E-state index contributed by atoms with van der Waals surface area (Å²) in [6, 6.07) is -0.127. The Hall–Kier alpha value is -1.70. The van der Waals surface area contributed by atoms with Gasteiger partial charge in [-0.15, -0.1) is 0 Å². The molecule has 2 N–H and O–H groups in total. The summed E-state index contributed by atoms with van der Waals surface area (Å²) >= 11 is 0. The molecular weight excluding hydrogens is 350 g/mol. The Morgan fingerprint density at radius 1 is 1.41 bits per heavy atom. The zero-order valence-electron chi connectivity index (χ0n) is 16.8. The fraction of sp³-hybridized carbons (Fsp3) is 0.700. The highest BCUT2D eigenvalue weighted by Gasteiger charge is 2.49. The lowest BCUT2D eigenvalue weighted by Gasteiger charge is -2.34. The van der Waals surface area contributed by atoms with Crippen molar-refractivity contribution in [1.82, 2.24) is 4.90 Å². The van der Waals surface area contributed by atoms with Crippen molar-refractivity contribution >= 4 is 11.9 Å². The summed E-state index contributed by atoms with van der Waals surface area (Å²) in [5.41, 5.74) is -0.724. The lowest BCUT2D eigenvalue weighted by molar-refractivity contribution is -0.191. The monoisotopic (exact) mass is 381 g/mol. The van der Waals surface area contributed by atoms with E-state index >= 15 is 0 Å². The molecule has 1 fully saturated rings. The van der Waals surface area contributed by atoms with E-state index in [-0.39, 0.29) is 12.6 Å². The lowest BCUT2D eigenvalue weighted by atomic mass is 9.85. The van der Waals surface area contributed by atoms with Crippen LogP contribution in [0.5, 0.6) is 0 Å². The van der Waals surface area contributed by atoms with E-state index in [9.17, 15) is 19.8 Å². The molecule has 152 valence electrons. The third-order valence-corrected chi connectivity index (χ3v) is 5.67. The highest BCUT2D eigenvalue weighted by molar-refractivity contribution is 5.88. The van der Waals surface area contributed by atoms with Crippen LogP contribution in [0.3, 0.4) is 0 Å². The summed E-state index contributed by atoms with van der Waals surface area (Å²) in [6.07, 6.45) is 2.72. The number of nitrogens with zero attached hydrogens (tertiary/aromatic N) is 1. The number of fused-ring (bicyclic) bond motifs is 1. The van der Waals surface area contributed by atoms with Crippen molar-refractivity contribution in [3.8, 4) is 0 Å². The zero-order chi connectivity index (χ0) is 20.4. The van der Waals surface area contributed by atoms with Gasteiger partial charge in [0, 0.05) is 18.7 Å². The van der Waals surface area contributed by atoms with Crippen molar-refractivity contribution in [3.63, 3.8) is 0 Å². The van der Waals surface area contributed by atoms with Crippen LogP contribution in [0.2, 0.25) is 0 Å². The third kappa shape index (κ3) is 4.25. The Balaban J connectivity index is 2.04. The molecule has 0 radical (unpaired) electrons. The van der Waals surface area contributed by atoms with E-state index in [4.69, 9.17) is 9.47 Å². The van der Waals surface area contributed by atoms with E-state index in [1.165, 1.54) is 6.92 Å². The molecule has 2 aliphatic rings. The first-order chi connectivity index (χ1) is 12.6. The number of aliphatic hydroxyl groups excluding tert-OH is 1. The SMILES string of the molecule is CC=C(C)C(=O)O[C@H](C)[C@@](O)(C(=O)OCC1=CCN2CC[C@H](O)[C@@H]12)C(C)C. The van der Waals surface area contributed by atoms with Gasteiger partial charge in [0.05, 0.1) is 12.1 Å². The average molecular weight is 381 g/mol. The summed E-state index contributed by atoms with van der Waals surface area (Å²) in [7, 11) is 0. The molecule has 0 aromatic carbocycles. The normalized spacial score (nSPS) is 26.4. The predicted molar refractivity (Wildman–Crippen MR) is 99.8 cm³/mol. The van der Waals surface area contributed by atoms with Gasteiger partial charge in [0.25, 0.3) is 0 Å². The summed E-state index contributed by atoms with van der Waals surface area (Å²) in [5.74, 6) is -1.94. The van der Waals surface area contributed by atoms with Crippen LogP contribution in [0.4, 0.5) is 0 Å². The number of rotatable bonds is 7. The van der Waals surface area contributed by atoms with Gasteiger partial charge >= 0.3 is 11.9 Å². The minimum atomic E-state index is -1.96. The maximum absolute atomic E-state index is 12.7. The van der Waals surface area contributed by atoms with E-state index in [1.54, 1.807) is 33.8 Å². The molecule has 7 heteroatoms. The number of esters is 2. The lowest BCUT2D eigenvalue weighted by Crippen LogP contribution is -2.55. The predicted octanol–water partition coefficient (Wildman–Crippen LogP) is 1.19. The fourth-order valence-electron chi connectivity index (χ4n) is 3.62. The number of aliphatic hydroxyl groups is 2. The second kappa shape index (κ2) is 8.54. The molecule has 7 nitrogen and oxygen atoms in total. The Bertz CT molecular complexity index is 640. The molecule has 0 aromatic heterocycles. The van der Waals surface area contributed by atoms with Gasteiger partial charge in [0.1, 0.15) is 12.7 Å². The summed E-state index contributed by atoms with van der Waals surface area (Å²) < 4.78 is 10.7. The molecule has 0 spiro atoms. The molecule has 0 amide bonds. The highest BCUT2D eigenvalue weighted by Crippen LogP contribution is 2.31. The topological polar surface area (TPSA) is 96.3 Å². The van der Waals surface area contributed by atoms with Gasteiger partial charge in [-0.2, -0.15) is 0 Å². The first-order valence-electron chi connectivity index (χ1n) is 9.47. The van der Waals surface area contributed by atoms with Crippen molar-refractivity contribution in [2.75, 3.05) is 19.7 Å². The maximum Gasteiger partial charge on any atom is 0.342 e. The number of carbonyl (C=O) groups excluding carboxylic acids is 2. The van der Waals surface area contributed by atoms with E-state index < -0.39 is 35.7 Å². The second-order valence-corrected chi connectivity index (χ2v) is 7.65. The van der Waals surface area contributed by atoms with Gasteiger partial charge in [-0.25, -0.2) is 9.59 Å². The minimum Gasteiger partial charge on any atom is -0.459 e. The van der Waals surface area contributed by atoms with E-state index in [0.717, 1.165) is 18.7 Å². The van der Waals surface area contributed by atoms with E-state index in [1.807, 2.05) is 6.08 Å². The first-order valence-corrected chi connectivity index (χ1v) is 9.47. The molecule has 0 bridgehead atoms. The Kier molecular flexibility index (Phi) is 6.83. The van der Waals surface area contributed by atoms with Gasteiger partial charge in [-0.1, -0.05) is 26.0 Å². The van der Waals surface area contributed by atoms with Crippen molar-refractivity contribution in [2.24, 2.45) is 5.92 Å². The van der Waals surface area contributed by atoms with Crippen LogP contribution in [-0.2, 0) is 19.1 Å². The molecule has 27 heavy (non-hydrogen) atoms. The van der Waals surface area contributed by atoms with Crippen LogP contribution in [0.1, 0.15) is 41.0 Å². The number of allylic oxidation sites excluding steroid dienone is 1. The zero-order valence-corrected chi connectivity index (χ0v) is 16.8. The molecule has 0 saturated carbocycles. The van der Waals surface area contributed by atoms with Gasteiger partial charge in [0.2, 0.25) is 5.60 Å². The fourth-order valence-corrected chi connectivity index (χ4v) is 3.62. The highest BCUT2D eigenvalue weighted by atomic mass is 16.6. The molecule has 2 rings (SSSR count). The van der Waals surface area contributed by atoms with Crippen LogP contribution in [0.15, 0.2) is 23.3 Å². The summed E-state index contributed by atoms with van der Waals surface area (Å²) in [4.78, 5) is 26.9. The molecule has 0 aliphatic carbocycles. The number of hydrogen-bond donors (Lipinski definition) is 2. The van der Waals surface area contributed by atoms with Gasteiger partial charge in [-0.05, 0) is 38.7 Å². The van der Waals surface area contributed by atoms with Crippen LogP contribution in [0.25, 0.3) is 0 Å². The average Bonchev–Trinajstić information content (AvgIpc) is 3.20. The molecule has 4 atom stereocenters. The minimum absolute atomic E-state index is 0.000642. The molecule has 2 aliphatic heterocycles. The summed E-state index contributed by atoms with van der Waals surface area (Å²) in [6.45, 7) is 9.68. The Morgan fingerprint density at radius 3 is 2.67 bits per heavy atom. The Morgan fingerprint density at radius 2 is 2.07 bits per heavy atom. The largest absolute Gasteiger partial charge is 0.459 e. The summed E-state index contributed by atoms with van der Waals surface area (Å²) in [5, 5.41) is 21.1. The van der Waals surface area contributed by atoms with Gasteiger partial charge < -0.3 is 19.7 Å². The molecule has 0 aromatic rings.